The monoisotopic (exact) mass is 529 g/mol. The van der Waals surface area contributed by atoms with Gasteiger partial charge in [0.25, 0.3) is 5.91 Å². The van der Waals surface area contributed by atoms with Gasteiger partial charge >= 0.3 is 5.97 Å². The molecule has 3 aromatic rings. The van der Waals surface area contributed by atoms with Crippen molar-refractivity contribution in [2.24, 2.45) is 5.92 Å². The van der Waals surface area contributed by atoms with Gasteiger partial charge in [0.05, 0.1) is 26.7 Å². The van der Waals surface area contributed by atoms with E-state index in [1.54, 1.807) is 55.6 Å². The normalized spacial score (nSPS) is 22.2. The number of hydrogen-bond acceptors (Lipinski definition) is 5. The number of carbonyl (C=O) groups is 2. The molecule has 204 valence electrons. The van der Waals surface area contributed by atoms with Crippen molar-refractivity contribution in [2.75, 3.05) is 39.8 Å². The summed E-state index contributed by atoms with van der Waals surface area (Å²) >= 11 is 0. The van der Waals surface area contributed by atoms with Crippen LogP contribution in [-0.2, 0) is 15.1 Å². The van der Waals surface area contributed by atoms with Crippen molar-refractivity contribution in [3.8, 4) is 5.75 Å². The van der Waals surface area contributed by atoms with Crippen molar-refractivity contribution < 1.29 is 28.7 Å². The zero-order valence-corrected chi connectivity index (χ0v) is 22.4. The summed E-state index contributed by atoms with van der Waals surface area (Å²) in [5.74, 6) is 0.308. The summed E-state index contributed by atoms with van der Waals surface area (Å²) in [6.07, 6.45) is 2.58. The fourth-order valence-electron chi connectivity index (χ4n) is 6.11. The lowest BCUT2D eigenvalue weighted by Crippen LogP contribution is -2.65. The molecule has 0 spiro atoms. The zero-order valence-electron chi connectivity index (χ0n) is 22.4. The molecular weight excluding hydrogens is 492 g/mol. The summed E-state index contributed by atoms with van der Waals surface area (Å²) in [4.78, 5) is 26.2. The van der Waals surface area contributed by atoms with Crippen LogP contribution < -0.4 is 10.1 Å². The molecule has 1 amide bonds. The molecule has 6 rings (SSSR count). The van der Waals surface area contributed by atoms with E-state index in [-0.39, 0.29) is 12.0 Å². The highest BCUT2D eigenvalue weighted by atomic mass is 16.6. The largest absolute Gasteiger partial charge is 0.497 e. The molecule has 3 heterocycles. The van der Waals surface area contributed by atoms with Crippen LogP contribution in [-0.4, -0.2) is 67.4 Å². The summed E-state index contributed by atoms with van der Waals surface area (Å²) in [6, 6.07) is 25.1. The van der Waals surface area contributed by atoms with E-state index in [1.165, 1.54) is 0 Å². The Bertz CT molecular complexity index is 1220. The molecule has 3 aromatic carbocycles. The van der Waals surface area contributed by atoms with Gasteiger partial charge in [-0.15, -0.1) is 0 Å². The molecule has 3 aliphatic rings. The van der Waals surface area contributed by atoms with Gasteiger partial charge in [0.2, 0.25) is 5.60 Å². The predicted molar refractivity (Wildman–Crippen MR) is 148 cm³/mol. The first-order chi connectivity index (χ1) is 18.9. The lowest BCUT2D eigenvalue weighted by molar-refractivity contribution is -0.946. The molecule has 2 bridgehead atoms. The molecular formula is C32H37N2O5+. The standard InChI is InChI=1S/C32H36N2O5/c1-38-28-15-13-25(14-16-28)30(35)33-19-8-20-34-21-17-24(18-22-34)29(23-34)39-31(36)32(37,26-9-4-2-5-10-26)27-11-6-3-7-12-27/h2-7,9-16,24,29,37H,8,17-23H2,1H3/p+1. The van der Waals surface area contributed by atoms with Gasteiger partial charge in [0.15, 0.2) is 6.10 Å². The Kier molecular flexibility index (Phi) is 8.00. The van der Waals surface area contributed by atoms with Crippen molar-refractivity contribution >= 4 is 11.9 Å². The van der Waals surface area contributed by atoms with E-state index in [4.69, 9.17) is 9.47 Å². The Balaban J connectivity index is 1.21. The Morgan fingerprint density at radius 2 is 1.51 bits per heavy atom. The van der Waals surface area contributed by atoms with Gasteiger partial charge in [-0.1, -0.05) is 60.7 Å². The number of piperidine rings is 3. The first-order valence-corrected chi connectivity index (χ1v) is 13.8. The van der Waals surface area contributed by atoms with Crippen molar-refractivity contribution in [1.82, 2.24) is 5.32 Å². The van der Waals surface area contributed by atoms with Crippen LogP contribution in [0.2, 0.25) is 0 Å². The molecule has 0 aliphatic carbocycles. The van der Waals surface area contributed by atoms with Crippen LogP contribution in [0.15, 0.2) is 84.9 Å². The Labute approximate surface area is 230 Å². The topological polar surface area (TPSA) is 84.9 Å². The molecule has 39 heavy (non-hydrogen) atoms. The van der Waals surface area contributed by atoms with E-state index in [9.17, 15) is 14.7 Å². The predicted octanol–water partition coefficient (Wildman–Crippen LogP) is 3.90. The molecule has 7 nitrogen and oxygen atoms in total. The van der Waals surface area contributed by atoms with Gasteiger partial charge in [0, 0.05) is 37.3 Å². The van der Waals surface area contributed by atoms with Crippen LogP contribution in [0.4, 0.5) is 0 Å². The number of hydrogen-bond donors (Lipinski definition) is 2. The van der Waals surface area contributed by atoms with Gasteiger partial charge in [-0.05, 0) is 35.4 Å². The van der Waals surface area contributed by atoms with Gasteiger partial charge < -0.3 is 24.4 Å². The molecule has 0 radical (unpaired) electrons. The number of amides is 1. The second-order valence-corrected chi connectivity index (χ2v) is 10.8. The summed E-state index contributed by atoms with van der Waals surface area (Å²) in [5, 5.41) is 14.8. The summed E-state index contributed by atoms with van der Waals surface area (Å²) < 4.78 is 12.2. The summed E-state index contributed by atoms with van der Waals surface area (Å²) in [7, 11) is 1.60. The molecule has 3 aliphatic heterocycles. The smallest absolute Gasteiger partial charge is 0.348 e. The summed E-state index contributed by atoms with van der Waals surface area (Å²) in [6.45, 7) is 4.33. The van der Waals surface area contributed by atoms with E-state index in [1.807, 2.05) is 36.4 Å². The highest BCUT2D eigenvalue weighted by Gasteiger charge is 2.50. The minimum atomic E-state index is -1.87. The van der Waals surface area contributed by atoms with Gasteiger partial charge in [-0.25, -0.2) is 4.79 Å². The minimum Gasteiger partial charge on any atom is -0.497 e. The second kappa shape index (κ2) is 11.6. The van der Waals surface area contributed by atoms with E-state index >= 15 is 0 Å². The molecule has 1 unspecified atom stereocenters. The Morgan fingerprint density at radius 1 is 0.923 bits per heavy atom. The molecule has 0 saturated carbocycles. The Hall–Kier alpha value is -3.68. The number of fused-ring (bicyclic) bond motifs is 3. The summed E-state index contributed by atoms with van der Waals surface area (Å²) in [5.41, 5.74) is -0.263. The molecule has 1 atom stereocenters. The van der Waals surface area contributed by atoms with Crippen molar-refractivity contribution in [3.05, 3.63) is 102 Å². The van der Waals surface area contributed by atoms with E-state index < -0.39 is 11.6 Å². The van der Waals surface area contributed by atoms with E-state index in [2.05, 4.69) is 5.32 Å². The fourth-order valence-corrected chi connectivity index (χ4v) is 6.11. The second-order valence-electron chi connectivity index (χ2n) is 10.8. The molecule has 7 heteroatoms. The number of nitrogens with one attached hydrogen (secondary N) is 1. The van der Waals surface area contributed by atoms with Crippen LogP contribution in [0.5, 0.6) is 5.75 Å². The quantitative estimate of drug-likeness (QED) is 0.236. The first-order valence-electron chi connectivity index (χ1n) is 13.8. The average Bonchev–Trinajstić information content (AvgIpc) is 3.00. The minimum absolute atomic E-state index is 0.0945. The van der Waals surface area contributed by atoms with Crippen LogP contribution in [0.25, 0.3) is 0 Å². The lowest BCUT2D eigenvalue weighted by atomic mass is 9.82. The van der Waals surface area contributed by atoms with Crippen molar-refractivity contribution in [1.29, 1.82) is 0 Å². The number of methoxy groups -OCH3 is 1. The number of carbonyl (C=O) groups excluding carboxylic acids is 2. The lowest BCUT2D eigenvalue weighted by Gasteiger charge is -2.52. The number of rotatable bonds is 10. The maximum absolute atomic E-state index is 13.7. The van der Waals surface area contributed by atoms with Crippen LogP contribution in [0, 0.1) is 5.92 Å². The SMILES string of the molecule is COc1ccc(C(=O)NCCC[N+]23CCC(CC2)C(OC(=O)C(O)(c2ccccc2)c2ccccc2)C3)cc1. The fraction of sp³-hybridized carbons (Fsp3) is 0.375. The van der Waals surface area contributed by atoms with Gasteiger partial charge in [-0.3, -0.25) is 4.79 Å². The van der Waals surface area contributed by atoms with Crippen molar-refractivity contribution in [3.63, 3.8) is 0 Å². The number of aliphatic hydroxyl groups is 1. The van der Waals surface area contributed by atoms with Gasteiger partial charge in [0.1, 0.15) is 12.3 Å². The van der Waals surface area contributed by atoms with Gasteiger partial charge in [-0.2, -0.15) is 0 Å². The maximum atomic E-state index is 13.7. The number of ether oxygens (including phenoxy) is 2. The maximum Gasteiger partial charge on any atom is 0.348 e. The average molecular weight is 530 g/mol. The third-order valence-electron chi connectivity index (χ3n) is 8.43. The highest BCUT2D eigenvalue weighted by Crippen LogP contribution is 2.38. The van der Waals surface area contributed by atoms with E-state index in [0.717, 1.165) is 55.7 Å². The third kappa shape index (κ3) is 5.70. The van der Waals surface area contributed by atoms with Crippen LogP contribution in [0.3, 0.4) is 0 Å². The Morgan fingerprint density at radius 3 is 2.08 bits per heavy atom. The number of quaternary nitrogens is 1. The zero-order chi connectivity index (χ0) is 27.3. The highest BCUT2D eigenvalue weighted by molar-refractivity contribution is 5.94. The van der Waals surface area contributed by atoms with E-state index in [0.29, 0.717) is 29.2 Å². The molecule has 3 saturated heterocycles. The number of nitrogens with zero attached hydrogens (tertiary/aromatic N) is 1. The first kappa shape index (κ1) is 26.9. The third-order valence-corrected chi connectivity index (χ3v) is 8.43. The van der Waals surface area contributed by atoms with Crippen LogP contribution in [0.1, 0.15) is 40.7 Å². The van der Waals surface area contributed by atoms with Crippen LogP contribution >= 0.6 is 0 Å². The molecule has 2 N–H and O–H groups in total. The number of esters is 1. The van der Waals surface area contributed by atoms with Crippen molar-refractivity contribution in [2.45, 2.75) is 31.0 Å². The molecule has 3 fully saturated rings. The molecule has 0 aromatic heterocycles. The number of benzene rings is 3.